The molecule has 0 aliphatic carbocycles. The molecule has 2 aliphatic heterocycles. The van der Waals surface area contributed by atoms with Crippen LogP contribution in [0.2, 0.25) is 0 Å². The Bertz CT molecular complexity index is 1130. The number of piperidine rings is 1. The number of carbonyl (C=O) groups excluding carboxylic acids is 1. The lowest BCUT2D eigenvalue weighted by atomic mass is 9.99. The lowest BCUT2D eigenvalue weighted by Gasteiger charge is -2.35. The number of benzene rings is 1. The number of amides is 1. The Kier molecular flexibility index (Phi) is 5.18. The van der Waals surface area contributed by atoms with Crippen LogP contribution in [0.1, 0.15) is 50.8 Å². The third-order valence-corrected chi connectivity index (χ3v) is 6.94. The summed E-state index contributed by atoms with van der Waals surface area (Å²) in [5.74, 6) is 0.103. The Labute approximate surface area is 183 Å². The second kappa shape index (κ2) is 8.00. The minimum absolute atomic E-state index is 0.103. The van der Waals surface area contributed by atoms with Crippen LogP contribution in [0.25, 0.3) is 16.9 Å². The number of carbonyl (C=O) groups is 1. The van der Waals surface area contributed by atoms with E-state index in [4.69, 9.17) is 10.7 Å². The first-order valence-electron chi connectivity index (χ1n) is 11.5. The molecule has 6 heteroatoms. The minimum Gasteiger partial charge on any atom is -0.398 e. The van der Waals surface area contributed by atoms with Gasteiger partial charge in [-0.15, -0.1) is 0 Å². The van der Waals surface area contributed by atoms with E-state index in [-0.39, 0.29) is 5.91 Å². The monoisotopic (exact) mass is 417 g/mol. The van der Waals surface area contributed by atoms with Crippen LogP contribution in [-0.4, -0.2) is 39.3 Å². The number of nitrogens with two attached hydrogens (primary N) is 1. The van der Waals surface area contributed by atoms with Crippen molar-refractivity contribution in [3.8, 4) is 11.3 Å². The Morgan fingerprint density at radius 3 is 2.87 bits per heavy atom. The zero-order valence-corrected chi connectivity index (χ0v) is 18.5. The largest absolute Gasteiger partial charge is 0.398 e. The predicted octanol–water partition coefficient (Wildman–Crippen LogP) is 4.26. The van der Waals surface area contributed by atoms with Crippen LogP contribution >= 0.6 is 0 Å². The van der Waals surface area contributed by atoms with Gasteiger partial charge in [0.25, 0.3) is 0 Å². The fourth-order valence-electron chi connectivity index (χ4n) is 5.29. The van der Waals surface area contributed by atoms with Crippen LogP contribution in [0.4, 0.5) is 11.4 Å². The third kappa shape index (κ3) is 3.59. The van der Waals surface area contributed by atoms with Crippen LogP contribution in [0, 0.1) is 0 Å². The number of aromatic nitrogens is 2. The molecule has 1 unspecified atom stereocenters. The SMILES string of the molecule is CCC1CCCCN1Cc1c(-c2ccc3c(c2)CCN3C(C)=O)nc2ccc(N)cn12. The smallest absolute Gasteiger partial charge is 0.223 e. The number of fused-ring (bicyclic) bond motifs is 2. The topological polar surface area (TPSA) is 66.9 Å². The summed E-state index contributed by atoms with van der Waals surface area (Å²) >= 11 is 0. The van der Waals surface area contributed by atoms with Crippen molar-refractivity contribution in [3.63, 3.8) is 0 Å². The van der Waals surface area contributed by atoms with Crippen LogP contribution in [0.15, 0.2) is 36.5 Å². The number of hydrogen-bond acceptors (Lipinski definition) is 4. The molecule has 4 heterocycles. The van der Waals surface area contributed by atoms with Gasteiger partial charge in [0.15, 0.2) is 0 Å². The molecule has 0 saturated carbocycles. The lowest BCUT2D eigenvalue weighted by molar-refractivity contribution is -0.116. The first-order valence-corrected chi connectivity index (χ1v) is 11.5. The normalized spacial score (nSPS) is 19.2. The molecule has 0 radical (unpaired) electrons. The van der Waals surface area contributed by atoms with Crippen LogP contribution in [0.5, 0.6) is 0 Å². The van der Waals surface area contributed by atoms with Crippen LogP contribution in [0.3, 0.4) is 0 Å². The molecule has 1 atom stereocenters. The average Bonchev–Trinajstić information content (AvgIpc) is 3.35. The predicted molar refractivity (Wildman–Crippen MR) is 125 cm³/mol. The Balaban J connectivity index is 1.59. The summed E-state index contributed by atoms with van der Waals surface area (Å²) in [5.41, 5.74) is 13.4. The fourth-order valence-corrected chi connectivity index (χ4v) is 5.29. The van der Waals surface area contributed by atoms with Gasteiger partial charge >= 0.3 is 0 Å². The third-order valence-electron chi connectivity index (χ3n) is 6.94. The summed E-state index contributed by atoms with van der Waals surface area (Å²) in [6.07, 6.45) is 7.90. The van der Waals surface area contributed by atoms with Crippen molar-refractivity contribution >= 4 is 22.9 Å². The van der Waals surface area contributed by atoms with E-state index >= 15 is 0 Å². The second-order valence-corrected chi connectivity index (χ2v) is 8.89. The highest BCUT2D eigenvalue weighted by Gasteiger charge is 2.26. The molecule has 6 nitrogen and oxygen atoms in total. The van der Waals surface area contributed by atoms with Crippen LogP contribution in [-0.2, 0) is 17.8 Å². The molecule has 2 N–H and O–H groups in total. The van der Waals surface area contributed by atoms with E-state index in [0.717, 1.165) is 54.3 Å². The van der Waals surface area contributed by atoms with Crippen molar-refractivity contribution in [1.82, 2.24) is 14.3 Å². The number of imidazole rings is 1. The van der Waals surface area contributed by atoms with Gasteiger partial charge in [0.1, 0.15) is 5.65 Å². The zero-order valence-electron chi connectivity index (χ0n) is 18.5. The molecule has 0 bridgehead atoms. The molecule has 3 aromatic rings. The first-order chi connectivity index (χ1) is 15.0. The minimum atomic E-state index is 0.103. The summed E-state index contributed by atoms with van der Waals surface area (Å²) < 4.78 is 2.17. The number of pyridine rings is 1. The summed E-state index contributed by atoms with van der Waals surface area (Å²) in [4.78, 5) is 21.4. The molecule has 1 saturated heterocycles. The number of rotatable bonds is 4. The van der Waals surface area contributed by atoms with E-state index in [1.165, 1.54) is 36.9 Å². The van der Waals surface area contributed by atoms with Gasteiger partial charge in [-0.2, -0.15) is 0 Å². The van der Waals surface area contributed by atoms with Gasteiger partial charge in [-0.3, -0.25) is 9.69 Å². The van der Waals surface area contributed by atoms with Crippen molar-refractivity contribution in [3.05, 3.63) is 47.8 Å². The maximum absolute atomic E-state index is 11.9. The fraction of sp³-hybridized carbons (Fsp3) is 0.440. The van der Waals surface area contributed by atoms with Gasteiger partial charge in [0.2, 0.25) is 5.91 Å². The van der Waals surface area contributed by atoms with Gasteiger partial charge in [0.05, 0.1) is 11.4 Å². The molecule has 1 fully saturated rings. The molecule has 162 valence electrons. The van der Waals surface area contributed by atoms with Crippen molar-refractivity contribution in [2.45, 2.75) is 58.5 Å². The Morgan fingerprint density at radius 2 is 2.06 bits per heavy atom. The summed E-state index contributed by atoms with van der Waals surface area (Å²) in [5, 5.41) is 0. The van der Waals surface area contributed by atoms with Gasteiger partial charge < -0.3 is 15.0 Å². The highest BCUT2D eigenvalue weighted by Crippen LogP contribution is 2.35. The molecule has 1 amide bonds. The van der Waals surface area contributed by atoms with Gasteiger partial charge in [-0.25, -0.2) is 4.98 Å². The standard InChI is InChI=1S/C25H31N5O/c1-3-21-6-4-5-12-28(21)16-23-25(27-24-10-8-20(26)15-30(23)24)19-7-9-22-18(14-19)11-13-29(22)17(2)31/h7-10,14-15,21H,3-6,11-13,16,26H2,1-2H3. The van der Waals surface area contributed by atoms with E-state index < -0.39 is 0 Å². The maximum Gasteiger partial charge on any atom is 0.223 e. The molecule has 1 aromatic carbocycles. The number of hydrogen-bond donors (Lipinski definition) is 1. The molecule has 0 spiro atoms. The number of anilines is 2. The van der Waals surface area contributed by atoms with E-state index in [9.17, 15) is 4.79 Å². The van der Waals surface area contributed by atoms with Crippen LogP contribution < -0.4 is 10.6 Å². The quantitative estimate of drug-likeness (QED) is 0.689. The first kappa shape index (κ1) is 20.1. The van der Waals surface area contributed by atoms with Gasteiger partial charge in [-0.1, -0.05) is 19.4 Å². The van der Waals surface area contributed by atoms with Crippen molar-refractivity contribution in [2.24, 2.45) is 0 Å². The molecular weight excluding hydrogens is 386 g/mol. The molecule has 2 aromatic heterocycles. The van der Waals surface area contributed by atoms with E-state index in [2.05, 4.69) is 34.4 Å². The van der Waals surface area contributed by atoms with Gasteiger partial charge in [-0.05, 0) is 62.1 Å². The second-order valence-electron chi connectivity index (χ2n) is 8.89. The van der Waals surface area contributed by atoms with E-state index in [1.54, 1.807) is 6.92 Å². The Morgan fingerprint density at radius 1 is 1.19 bits per heavy atom. The highest BCUT2D eigenvalue weighted by atomic mass is 16.2. The highest BCUT2D eigenvalue weighted by molar-refractivity contribution is 5.94. The molecular formula is C25H31N5O. The molecule has 5 rings (SSSR count). The molecule has 31 heavy (non-hydrogen) atoms. The van der Waals surface area contributed by atoms with Crippen molar-refractivity contribution < 1.29 is 4.79 Å². The number of nitrogens with zero attached hydrogens (tertiary/aromatic N) is 4. The number of likely N-dealkylation sites (tertiary alicyclic amines) is 1. The van der Waals surface area contributed by atoms with Crippen molar-refractivity contribution in [1.29, 1.82) is 0 Å². The summed E-state index contributed by atoms with van der Waals surface area (Å²) in [7, 11) is 0. The zero-order chi connectivity index (χ0) is 21.5. The van der Waals surface area contributed by atoms with Gasteiger partial charge in [0, 0.05) is 49.2 Å². The van der Waals surface area contributed by atoms with E-state index in [1.807, 2.05) is 23.2 Å². The number of nitrogen functional groups attached to an aromatic ring is 1. The average molecular weight is 418 g/mol. The Hall–Kier alpha value is -2.86. The summed E-state index contributed by atoms with van der Waals surface area (Å²) in [6.45, 7) is 6.68. The lowest BCUT2D eigenvalue weighted by Crippen LogP contribution is -2.38. The van der Waals surface area contributed by atoms with Crippen molar-refractivity contribution in [2.75, 3.05) is 23.7 Å². The van der Waals surface area contributed by atoms with E-state index in [0.29, 0.717) is 6.04 Å². The maximum atomic E-state index is 11.9. The summed E-state index contributed by atoms with van der Waals surface area (Å²) in [6, 6.07) is 11.0. The molecule has 2 aliphatic rings.